The van der Waals surface area contributed by atoms with Crippen molar-refractivity contribution in [1.82, 2.24) is 14.5 Å². The lowest BCUT2D eigenvalue weighted by Gasteiger charge is -2.41. The molecule has 8 nitrogen and oxygen atoms in total. The Morgan fingerprint density at radius 2 is 2.06 bits per heavy atom. The van der Waals surface area contributed by atoms with Crippen LogP contribution in [0.1, 0.15) is 32.3 Å². The summed E-state index contributed by atoms with van der Waals surface area (Å²) < 4.78 is 7.35. The van der Waals surface area contributed by atoms with E-state index >= 15 is 0 Å². The maximum atomic E-state index is 12.6. The van der Waals surface area contributed by atoms with Crippen LogP contribution in [0.2, 0.25) is 0 Å². The third-order valence-corrected chi connectivity index (χ3v) is 5.98. The van der Waals surface area contributed by atoms with E-state index in [1.54, 1.807) is 12.3 Å². The van der Waals surface area contributed by atoms with E-state index in [9.17, 15) is 4.79 Å². The van der Waals surface area contributed by atoms with Crippen molar-refractivity contribution < 1.29 is 9.53 Å². The van der Waals surface area contributed by atoms with Gasteiger partial charge in [0, 0.05) is 42.8 Å². The van der Waals surface area contributed by atoms with Gasteiger partial charge in [0.1, 0.15) is 0 Å². The molecule has 0 aromatic carbocycles. The van der Waals surface area contributed by atoms with E-state index < -0.39 is 0 Å². The fourth-order valence-electron chi connectivity index (χ4n) is 4.51. The van der Waals surface area contributed by atoms with Gasteiger partial charge in [-0.05, 0) is 37.0 Å². The predicted molar refractivity (Wildman–Crippen MR) is 123 cm³/mol. The second-order valence-corrected chi connectivity index (χ2v) is 9.03. The molecule has 2 unspecified atom stereocenters. The van der Waals surface area contributed by atoms with Gasteiger partial charge in [-0.2, -0.15) is 5.10 Å². The highest BCUT2D eigenvalue weighted by molar-refractivity contribution is 6.29. The van der Waals surface area contributed by atoms with E-state index in [-0.39, 0.29) is 23.3 Å². The number of nitrogens with two attached hydrogens (primary N) is 2. The van der Waals surface area contributed by atoms with E-state index in [0.29, 0.717) is 12.5 Å². The SMILES string of the molecule is CC(C)COC(=O)N1C2CCC1CN(c1ccnn3cc(C(/C=C(\N)Cl)=C/N)cc13)C2. The molecule has 0 spiro atoms. The average Bonchev–Trinajstić information content (AvgIpc) is 3.28. The zero-order valence-corrected chi connectivity index (χ0v) is 18.6. The van der Waals surface area contributed by atoms with E-state index in [1.807, 2.05) is 41.6 Å². The predicted octanol–water partition coefficient (Wildman–Crippen LogP) is 3.12. The molecular formula is C22H29ClN6O2. The first kappa shape index (κ1) is 21.4. The maximum Gasteiger partial charge on any atom is 0.410 e. The largest absolute Gasteiger partial charge is 0.449 e. The van der Waals surface area contributed by atoms with Crippen LogP contribution in [0.3, 0.4) is 0 Å². The van der Waals surface area contributed by atoms with Crippen molar-refractivity contribution in [2.24, 2.45) is 17.4 Å². The van der Waals surface area contributed by atoms with Crippen LogP contribution in [-0.2, 0) is 4.74 Å². The summed E-state index contributed by atoms with van der Waals surface area (Å²) in [6, 6.07) is 4.35. The van der Waals surface area contributed by atoms with Crippen molar-refractivity contribution in [3.05, 3.63) is 47.5 Å². The molecule has 2 fully saturated rings. The molecule has 166 valence electrons. The molecule has 0 radical (unpaired) electrons. The van der Waals surface area contributed by atoms with Gasteiger partial charge in [0.25, 0.3) is 0 Å². The highest BCUT2D eigenvalue weighted by Crippen LogP contribution is 2.35. The number of allylic oxidation sites excluding steroid dienone is 2. The van der Waals surface area contributed by atoms with Gasteiger partial charge in [-0.15, -0.1) is 0 Å². The molecule has 9 heteroatoms. The molecule has 31 heavy (non-hydrogen) atoms. The molecule has 2 aliphatic heterocycles. The molecule has 2 atom stereocenters. The van der Waals surface area contributed by atoms with Gasteiger partial charge in [0.15, 0.2) is 0 Å². The fourth-order valence-corrected chi connectivity index (χ4v) is 4.63. The Hall–Kier alpha value is -2.87. The van der Waals surface area contributed by atoms with Crippen LogP contribution >= 0.6 is 11.6 Å². The molecular weight excluding hydrogens is 416 g/mol. The number of fused-ring (bicyclic) bond motifs is 3. The maximum absolute atomic E-state index is 12.6. The van der Waals surface area contributed by atoms with Gasteiger partial charge in [0.05, 0.1) is 35.1 Å². The highest BCUT2D eigenvalue weighted by atomic mass is 35.5. The number of nitrogens with zero attached hydrogens (tertiary/aromatic N) is 4. The molecule has 2 saturated heterocycles. The lowest BCUT2D eigenvalue weighted by Crippen LogP contribution is -2.56. The molecule has 0 aliphatic carbocycles. The van der Waals surface area contributed by atoms with E-state index in [4.69, 9.17) is 27.8 Å². The quantitative estimate of drug-likeness (QED) is 0.542. The molecule has 1 amide bonds. The summed E-state index contributed by atoms with van der Waals surface area (Å²) in [4.78, 5) is 16.9. The minimum absolute atomic E-state index is 0.152. The summed E-state index contributed by atoms with van der Waals surface area (Å²) in [6.07, 6.45) is 8.59. The van der Waals surface area contributed by atoms with Crippen molar-refractivity contribution in [2.45, 2.75) is 38.8 Å². The Bertz CT molecular complexity index is 1010. The van der Waals surface area contributed by atoms with Gasteiger partial charge in [-0.3, -0.25) is 4.90 Å². The van der Waals surface area contributed by atoms with Gasteiger partial charge in [-0.1, -0.05) is 25.4 Å². The average molecular weight is 445 g/mol. The summed E-state index contributed by atoms with van der Waals surface area (Å²) in [6.45, 7) is 6.07. The first-order chi connectivity index (χ1) is 14.9. The van der Waals surface area contributed by atoms with Crippen LogP contribution < -0.4 is 16.4 Å². The Morgan fingerprint density at radius 1 is 1.35 bits per heavy atom. The Kier molecular flexibility index (Phi) is 6.00. The standard InChI is InChI=1S/C22H29ClN6O2/c1-14(2)13-31-22(30)29-17-3-4-18(29)12-27(11-17)19-5-6-26-28-10-16(7-20(19)28)15(9-24)8-21(23)25/h5-10,14,17-18H,3-4,11-13,24-25H2,1-2H3/b15-9+,21-8-. The molecule has 2 bridgehead atoms. The summed E-state index contributed by atoms with van der Waals surface area (Å²) in [5.74, 6) is 0.327. The Morgan fingerprint density at radius 3 is 2.68 bits per heavy atom. The Balaban J connectivity index is 1.58. The second kappa shape index (κ2) is 8.70. The molecule has 4 rings (SSSR count). The normalized spacial score (nSPS) is 21.9. The lowest BCUT2D eigenvalue weighted by atomic mass is 10.1. The number of halogens is 1. The molecule has 2 aromatic rings. The van der Waals surface area contributed by atoms with Crippen LogP contribution in [0.15, 0.2) is 42.0 Å². The van der Waals surface area contributed by atoms with Crippen molar-refractivity contribution in [2.75, 3.05) is 24.6 Å². The number of carbonyl (C=O) groups is 1. The molecule has 2 aromatic heterocycles. The van der Waals surface area contributed by atoms with Gasteiger partial charge < -0.3 is 21.1 Å². The number of carbonyl (C=O) groups excluding carboxylic acids is 1. The first-order valence-electron chi connectivity index (χ1n) is 10.6. The van der Waals surface area contributed by atoms with Crippen molar-refractivity contribution in [3.63, 3.8) is 0 Å². The fraction of sp³-hybridized carbons (Fsp3) is 0.455. The van der Waals surface area contributed by atoms with Crippen molar-refractivity contribution in [3.8, 4) is 0 Å². The monoisotopic (exact) mass is 444 g/mol. The van der Waals surface area contributed by atoms with Crippen LogP contribution in [-0.4, -0.2) is 52.4 Å². The number of anilines is 1. The zero-order chi connectivity index (χ0) is 22.1. The van der Waals surface area contributed by atoms with Crippen LogP contribution in [0.4, 0.5) is 10.5 Å². The number of aromatic nitrogens is 2. The van der Waals surface area contributed by atoms with Crippen LogP contribution in [0.5, 0.6) is 0 Å². The van der Waals surface area contributed by atoms with Gasteiger partial charge >= 0.3 is 6.09 Å². The van der Waals surface area contributed by atoms with Crippen molar-refractivity contribution >= 4 is 34.5 Å². The van der Waals surface area contributed by atoms with E-state index in [2.05, 4.69) is 10.00 Å². The number of piperazine rings is 1. The number of rotatable bonds is 5. The molecule has 0 saturated carbocycles. The third kappa shape index (κ3) is 4.30. The summed E-state index contributed by atoms with van der Waals surface area (Å²) in [5.41, 5.74) is 15.0. The molecule has 2 aliphatic rings. The summed E-state index contributed by atoms with van der Waals surface area (Å²) in [5, 5.41) is 4.61. The van der Waals surface area contributed by atoms with Crippen LogP contribution in [0, 0.1) is 5.92 Å². The van der Waals surface area contributed by atoms with Crippen LogP contribution in [0.25, 0.3) is 11.1 Å². The van der Waals surface area contributed by atoms with Gasteiger partial charge in [0.2, 0.25) is 0 Å². The topological polar surface area (TPSA) is 102 Å². The molecule has 4 heterocycles. The number of hydrogen-bond donors (Lipinski definition) is 2. The number of amides is 1. The summed E-state index contributed by atoms with van der Waals surface area (Å²) >= 11 is 5.84. The number of hydrogen-bond acceptors (Lipinski definition) is 6. The minimum atomic E-state index is -0.186. The smallest absolute Gasteiger partial charge is 0.410 e. The molecule has 4 N–H and O–H groups in total. The number of ether oxygens (including phenoxy) is 1. The zero-order valence-electron chi connectivity index (χ0n) is 17.9. The lowest BCUT2D eigenvalue weighted by molar-refractivity contribution is 0.0704. The van der Waals surface area contributed by atoms with E-state index in [0.717, 1.165) is 48.3 Å². The summed E-state index contributed by atoms with van der Waals surface area (Å²) in [7, 11) is 0. The second-order valence-electron chi connectivity index (χ2n) is 8.59. The van der Waals surface area contributed by atoms with E-state index in [1.165, 1.54) is 6.20 Å². The minimum Gasteiger partial charge on any atom is -0.449 e. The Labute approximate surface area is 187 Å². The first-order valence-corrected chi connectivity index (χ1v) is 11.0. The van der Waals surface area contributed by atoms with Gasteiger partial charge in [-0.25, -0.2) is 9.31 Å². The highest BCUT2D eigenvalue weighted by Gasteiger charge is 2.43. The third-order valence-electron chi connectivity index (χ3n) is 5.87. The van der Waals surface area contributed by atoms with Crippen molar-refractivity contribution in [1.29, 1.82) is 0 Å².